The molecule has 3 N–H and O–H groups in total. The molecule has 0 radical (unpaired) electrons. The molecule has 130 valence electrons. The molecule has 1 amide bonds. The minimum absolute atomic E-state index is 0.160. The van der Waals surface area contributed by atoms with Crippen LogP contribution in [0.15, 0.2) is 30.3 Å². The van der Waals surface area contributed by atoms with E-state index in [2.05, 4.69) is 16.5 Å². The summed E-state index contributed by atoms with van der Waals surface area (Å²) < 4.78 is 1.60. The number of carbonyl (C=O) groups excluding carboxylic acids is 1. The summed E-state index contributed by atoms with van der Waals surface area (Å²) in [5, 5.41) is 16.9. The number of nitrogen functional groups attached to an aromatic ring is 1. The number of rotatable bonds is 6. The summed E-state index contributed by atoms with van der Waals surface area (Å²) in [7, 11) is 0. The molecule has 0 saturated heterocycles. The van der Waals surface area contributed by atoms with Crippen LogP contribution in [0.3, 0.4) is 0 Å². The third-order valence-corrected chi connectivity index (χ3v) is 4.72. The van der Waals surface area contributed by atoms with Crippen molar-refractivity contribution < 1.29 is 4.79 Å². The van der Waals surface area contributed by atoms with Crippen molar-refractivity contribution in [1.29, 1.82) is 5.26 Å². The fourth-order valence-corrected chi connectivity index (χ4v) is 3.34. The Balaban J connectivity index is 1.61. The van der Waals surface area contributed by atoms with Crippen LogP contribution in [0.25, 0.3) is 5.69 Å². The smallest absolute Gasteiger partial charge is 0.223 e. The summed E-state index contributed by atoms with van der Waals surface area (Å²) in [6, 6.07) is 11.7. The molecule has 6 nitrogen and oxygen atoms in total. The number of nitrogens with zero attached hydrogens (tertiary/aromatic N) is 3. The highest BCUT2D eigenvalue weighted by Crippen LogP contribution is 2.24. The van der Waals surface area contributed by atoms with Crippen molar-refractivity contribution in [3.8, 4) is 11.8 Å². The molecule has 1 saturated carbocycles. The molecule has 3 rings (SSSR count). The van der Waals surface area contributed by atoms with E-state index in [4.69, 9.17) is 5.73 Å². The molecular formula is C19H23N5O. The van der Waals surface area contributed by atoms with Crippen molar-refractivity contribution in [3.63, 3.8) is 0 Å². The number of nitrogens with two attached hydrogens (primary N) is 1. The van der Waals surface area contributed by atoms with E-state index in [1.54, 1.807) is 4.68 Å². The monoisotopic (exact) mass is 337 g/mol. The van der Waals surface area contributed by atoms with E-state index in [1.165, 1.54) is 0 Å². The van der Waals surface area contributed by atoms with E-state index in [-0.39, 0.29) is 11.8 Å². The van der Waals surface area contributed by atoms with Gasteiger partial charge in [-0.3, -0.25) is 4.79 Å². The van der Waals surface area contributed by atoms with Crippen LogP contribution in [0.4, 0.5) is 5.82 Å². The lowest BCUT2D eigenvalue weighted by Gasteiger charge is -2.09. The normalized spacial score (nSPS) is 14.4. The average molecular weight is 337 g/mol. The Morgan fingerprint density at radius 1 is 1.32 bits per heavy atom. The highest BCUT2D eigenvalue weighted by atomic mass is 16.1. The van der Waals surface area contributed by atoms with Gasteiger partial charge >= 0.3 is 0 Å². The fourth-order valence-electron chi connectivity index (χ4n) is 3.34. The number of amides is 1. The van der Waals surface area contributed by atoms with E-state index in [0.29, 0.717) is 30.0 Å². The van der Waals surface area contributed by atoms with Gasteiger partial charge in [0.2, 0.25) is 5.91 Å². The van der Waals surface area contributed by atoms with E-state index in [0.717, 1.165) is 37.8 Å². The van der Waals surface area contributed by atoms with E-state index in [1.807, 2.05) is 30.3 Å². The highest BCUT2D eigenvalue weighted by Gasteiger charge is 2.22. The van der Waals surface area contributed by atoms with Crippen LogP contribution in [0.1, 0.15) is 43.4 Å². The van der Waals surface area contributed by atoms with Gasteiger partial charge in [-0.1, -0.05) is 31.0 Å². The molecule has 1 aliphatic carbocycles. The van der Waals surface area contributed by atoms with Crippen molar-refractivity contribution in [2.24, 2.45) is 5.92 Å². The van der Waals surface area contributed by atoms with Crippen LogP contribution in [-0.2, 0) is 11.2 Å². The standard InChI is InChI=1S/C19H23N5O/c20-13-16-17(11-6-12-22-19(25)14-7-4-5-8-14)23-24(18(16)21)15-9-2-1-3-10-15/h1-3,9-10,14H,4-8,11-12,21H2,(H,22,25). The summed E-state index contributed by atoms with van der Waals surface area (Å²) in [5.74, 6) is 0.702. The number of nitriles is 1. The van der Waals surface area contributed by atoms with Crippen LogP contribution in [0.2, 0.25) is 0 Å². The second kappa shape index (κ2) is 7.84. The van der Waals surface area contributed by atoms with Crippen molar-refractivity contribution in [2.45, 2.75) is 38.5 Å². The quantitative estimate of drug-likeness (QED) is 0.792. The Morgan fingerprint density at radius 2 is 2.04 bits per heavy atom. The van der Waals surface area contributed by atoms with Gasteiger partial charge in [0.1, 0.15) is 17.5 Å². The lowest BCUT2D eigenvalue weighted by molar-refractivity contribution is -0.124. The zero-order chi connectivity index (χ0) is 17.6. The molecule has 1 fully saturated rings. The lowest BCUT2D eigenvalue weighted by atomic mass is 10.1. The number of aryl methyl sites for hydroxylation is 1. The first-order valence-corrected chi connectivity index (χ1v) is 8.81. The highest BCUT2D eigenvalue weighted by molar-refractivity contribution is 5.78. The number of anilines is 1. The van der Waals surface area contributed by atoms with Gasteiger partial charge in [-0.15, -0.1) is 0 Å². The van der Waals surface area contributed by atoms with Gasteiger partial charge in [0.05, 0.1) is 11.4 Å². The molecule has 6 heteroatoms. The van der Waals surface area contributed by atoms with E-state index >= 15 is 0 Å². The summed E-state index contributed by atoms with van der Waals surface area (Å²) in [6.45, 7) is 0.596. The lowest BCUT2D eigenvalue weighted by Crippen LogP contribution is -2.30. The van der Waals surface area contributed by atoms with E-state index < -0.39 is 0 Å². The van der Waals surface area contributed by atoms with Gasteiger partial charge in [0.25, 0.3) is 0 Å². The summed E-state index contributed by atoms with van der Waals surface area (Å²) in [4.78, 5) is 12.0. The third-order valence-electron chi connectivity index (χ3n) is 4.72. The van der Waals surface area contributed by atoms with Gasteiger partial charge in [0.15, 0.2) is 0 Å². The van der Waals surface area contributed by atoms with Crippen molar-refractivity contribution in [3.05, 3.63) is 41.6 Å². The maximum atomic E-state index is 12.0. The Kier molecular flexibility index (Phi) is 5.34. The van der Waals surface area contributed by atoms with Crippen LogP contribution in [-0.4, -0.2) is 22.2 Å². The van der Waals surface area contributed by atoms with Gasteiger partial charge in [-0.25, -0.2) is 4.68 Å². The van der Waals surface area contributed by atoms with Gasteiger partial charge in [-0.2, -0.15) is 10.4 Å². The Morgan fingerprint density at radius 3 is 2.72 bits per heavy atom. The summed E-state index contributed by atoms with van der Waals surface area (Å²) in [6.07, 6.45) is 5.65. The first kappa shape index (κ1) is 17.0. The first-order chi connectivity index (χ1) is 12.2. The molecule has 1 aromatic carbocycles. The van der Waals surface area contributed by atoms with Gasteiger partial charge in [-0.05, 0) is 37.8 Å². The number of hydrogen-bond acceptors (Lipinski definition) is 4. The number of para-hydroxylation sites is 1. The SMILES string of the molecule is N#Cc1c(CCCNC(=O)C2CCCC2)nn(-c2ccccc2)c1N. The molecule has 2 aromatic rings. The maximum absolute atomic E-state index is 12.0. The van der Waals surface area contributed by atoms with Crippen LogP contribution < -0.4 is 11.1 Å². The molecule has 25 heavy (non-hydrogen) atoms. The Labute approximate surface area is 147 Å². The van der Waals surface area contributed by atoms with Crippen molar-refractivity contribution >= 4 is 11.7 Å². The largest absolute Gasteiger partial charge is 0.382 e. The number of aromatic nitrogens is 2. The first-order valence-electron chi connectivity index (χ1n) is 8.81. The number of nitrogens with one attached hydrogen (secondary N) is 1. The van der Waals surface area contributed by atoms with Crippen molar-refractivity contribution in [2.75, 3.05) is 12.3 Å². The molecule has 0 bridgehead atoms. The van der Waals surface area contributed by atoms with Crippen molar-refractivity contribution in [1.82, 2.24) is 15.1 Å². The molecule has 1 aromatic heterocycles. The molecular weight excluding hydrogens is 314 g/mol. The molecule has 1 heterocycles. The molecule has 0 atom stereocenters. The molecule has 1 aliphatic rings. The number of carbonyl (C=O) groups is 1. The van der Waals surface area contributed by atoms with Gasteiger partial charge in [0, 0.05) is 12.5 Å². The minimum Gasteiger partial charge on any atom is -0.382 e. The average Bonchev–Trinajstić information content (AvgIpc) is 3.27. The summed E-state index contributed by atoms with van der Waals surface area (Å²) in [5.41, 5.74) is 8.02. The predicted molar refractivity (Wildman–Crippen MR) is 96.0 cm³/mol. The maximum Gasteiger partial charge on any atom is 0.223 e. The molecule has 0 unspecified atom stereocenters. The second-order valence-corrected chi connectivity index (χ2v) is 6.44. The Hall–Kier alpha value is -2.81. The zero-order valence-corrected chi connectivity index (χ0v) is 14.2. The predicted octanol–water partition coefficient (Wildman–Crippen LogP) is 2.57. The number of hydrogen-bond donors (Lipinski definition) is 2. The summed E-state index contributed by atoms with van der Waals surface area (Å²) >= 11 is 0. The van der Waals surface area contributed by atoms with Crippen LogP contribution in [0, 0.1) is 17.2 Å². The molecule has 0 spiro atoms. The minimum atomic E-state index is 0.160. The van der Waals surface area contributed by atoms with E-state index in [9.17, 15) is 10.1 Å². The number of benzene rings is 1. The Bertz CT molecular complexity index is 769. The van der Waals surface area contributed by atoms with Gasteiger partial charge < -0.3 is 11.1 Å². The van der Waals surface area contributed by atoms with Crippen LogP contribution in [0.5, 0.6) is 0 Å². The molecule has 0 aliphatic heterocycles. The van der Waals surface area contributed by atoms with Crippen LogP contribution >= 0.6 is 0 Å². The fraction of sp³-hybridized carbons (Fsp3) is 0.421. The second-order valence-electron chi connectivity index (χ2n) is 6.44. The topological polar surface area (TPSA) is 96.7 Å². The third kappa shape index (κ3) is 3.82. The zero-order valence-electron chi connectivity index (χ0n) is 14.2.